The summed E-state index contributed by atoms with van der Waals surface area (Å²) < 4.78 is 17.4. The molecule has 1 rings (SSSR count). The first-order chi connectivity index (χ1) is 10.7. The summed E-state index contributed by atoms with van der Waals surface area (Å²) in [6.07, 6.45) is 11.5. The minimum atomic E-state index is -2.67. The van der Waals surface area contributed by atoms with Crippen LogP contribution in [0, 0.1) is 0 Å². The molecule has 1 aliphatic rings. The van der Waals surface area contributed by atoms with Crippen molar-refractivity contribution in [3.63, 3.8) is 0 Å². The second-order valence-electron chi connectivity index (χ2n) is 6.17. The highest BCUT2D eigenvalue weighted by Crippen LogP contribution is 2.24. The minimum Gasteiger partial charge on any atom is -0.376 e. The van der Waals surface area contributed by atoms with Crippen molar-refractivity contribution in [1.29, 1.82) is 0 Å². The van der Waals surface area contributed by atoms with Crippen LogP contribution in [0.15, 0.2) is 0 Å². The van der Waals surface area contributed by atoms with Crippen LogP contribution in [0.1, 0.15) is 57.8 Å². The van der Waals surface area contributed by atoms with Crippen LogP contribution in [-0.2, 0) is 13.3 Å². The van der Waals surface area contributed by atoms with Crippen LogP contribution in [0.5, 0.6) is 0 Å². The topological polar surface area (TPSA) is 57.0 Å². The largest absolute Gasteiger partial charge is 0.518 e. The summed E-state index contributed by atoms with van der Waals surface area (Å²) >= 11 is 0. The van der Waals surface area contributed by atoms with Gasteiger partial charge in [0.1, 0.15) is 0 Å². The number of nitrogens with zero attached hydrogens (tertiary/aromatic N) is 1. The third-order valence-electron chi connectivity index (χ3n) is 4.79. The monoisotopic (exact) mass is 332 g/mol. The van der Waals surface area contributed by atoms with E-state index < -0.39 is 8.80 Å². The Hall–Kier alpha value is 0.0169. The normalized spacial score (nSPS) is 23.7. The summed E-state index contributed by atoms with van der Waals surface area (Å²) in [7, 11) is 2.49. The van der Waals surface area contributed by atoms with E-state index in [2.05, 4.69) is 4.90 Å². The van der Waals surface area contributed by atoms with Gasteiger partial charge in [0.05, 0.1) is 5.67 Å². The maximum atomic E-state index is 5.86. The molecular weight excluding hydrogens is 296 g/mol. The first-order valence-electron chi connectivity index (χ1n) is 8.83. The van der Waals surface area contributed by atoms with Crippen LogP contribution in [0.2, 0.25) is 0 Å². The Bertz CT molecular complexity index is 270. The highest BCUT2D eigenvalue weighted by Gasteiger charge is 2.49. The van der Waals surface area contributed by atoms with E-state index >= 15 is 0 Å². The van der Waals surface area contributed by atoms with E-state index in [0.29, 0.717) is 6.54 Å². The molecule has 0 aromatic rings. The van der Waals surface area contributed by atoms with E-state index in [1.807, 2.05) is 0 Å². The zero-order valence-electron chi connectivity index (χ0n) is 14.8. The second-order valence-corrected chi connectivity index (χ2v) is 9.27. The van der Waals surface area contributed by atoms with Crippen molar-refractivity contribution >= 4 is 8.80 Å². The number of rotatable bonds is 6. The molecule has 0 aromatic heterocycles. The molecule has 0 spiro atoms. The van der Waals surface area contributed by atoms with Gasteiger partial charge in [0.15, 0.2) is 0 Å². The maximum absolute atomic E-state index is 5.86. The quantitative estimate of drug-likeness (QED) is 0.758. The minimum absolute atomic E-state index is 0.218. The molecule has 1 unspecified atom stereocenters. The molecule has 5 nitrogen and oxygen atoms in total. The Balaban J connectivity index is 2.87. The molecule has 0 aliphatic carbocycles. The van der Waals surface area contributed by atoms with E-state index in [9.17, 15) is 0 Å². The fraction of sp³-hybridized carbons (Fsp3) is 1.00. The second kappa shape index (κ2) is 11.5. The van der Waals surface area contributed by atoms with Gasteiger partial charge in [0.25, 0.3) is 0 Å². The molecule has 1 fully saturated rings. The molecule has 22 heavy (non-hydrogen) atoms. The van der Waals surface area contributed by atoms with Crippen molar-refractivity contribution in [2.24, 2.45) is 5.73 Å². The van der Waals surface area contributed by atoms with Crippen LogP contribution >= 0.6 is 0 Å². The number of nitrogens with two attached hydrogens (primary N) is 1. The lowest BCUT2D eigenvalue weighted by molar-refractivity contribution is 0.0698. The Kier molecular flexibility index (Phi) is 10.5. The fourth-order valence-electron chi connectivity index (χ4n) is 3.54. The molecule has 0 amide bonds. The Labute approximate surface area is 137 Å². The van der Waals surface area contributed by atoms with Crippen molar-refractivity contribution in [3.05, 3.63) is 0 Å². The molecule has 1 aliphatic heterocycles. The summed E-state index contributed by atoms with van der Waals surface area (Å²) in [6.45, 7) is 2.61. The molecule has 132 valence electrons. The molecule has 1 saturated heterocycles. The van der Waals surface area contributed by atoms with Crippen LogP contribution in [-0.4, -0.2) is 60.3 Å². The van der Waals surface area contributed by atoms with Gasteiger partial charge in [-0.15, -0.1) is 0 Å². The van der Waals surface area contributed by atoms with Gasteiger partial charge in [-0.3, -0.25) is 4.90 Å². The van der Waals surface area contributed by atoms with Gasteiger partial charge in [-0.2, -0.15) is 0 Å². The molecule has 0 aromatic carbocycles. The first-order valence-corrected chi connectivity index (χ1v) is 10.6. The van der Waals surface area contributed by atoms with Crippen molar-refractivity contribution < 1.29 is 13.3 Å². The average molecular weight is 333 g/mol. The molecule has 1 heterocycles. The smallest absolute Gasteiger partial charge is 0.376 e. The highest BCUT2D eigenvalue weighted by molar-refractivity contribution is 6.62. The Morgan fingerprint density at radius 3 is 1.86 bits per heavy atom. The van der Waals surface area contributed by atoms with E-state index in [4.69, 9.17) is 19.0 Å². The van der Waals surface area contributed by atoms with Gasteiger partial charge >= 0.3 is 8.80 Å². The lowest BCUT2D eigenvalue weighted by Crippen LogP contribution is -2.62. The average Bonchev–Trinajstić information content (AvgIpc) is 2.54. The lowest BCUT2D eigenvalue weighted by Gasteiger charge is -2.40. The van der Waals surface area contributed by atoms with Gasteiger partial charge in [0.2, 0.25) is 0 Å². The third-order valence-corrected chi connectivity index (χ3v) is 7.97. The van der Waals surface area contributed by atoms with Crippen LogP contribution in [0.3, 0.4) is 0 Å². The fourth-order valence-corrected chi connectivity index (χ4v) is 6.12. The van der Waals surface area contributed by atoms with E-state index in [1.54, 1.807) is 21.3 Å². The van der Waals surface area contributed by atoms with Gasteiger partial charge in [-0.1, -0.05) is 44.9 Å². The molecule has 6 heteroatoms. The zero-order valence-corrected chi connectivity index (χ0v) is 15.8. The molecular formula is C16H36N2O3Si. The molecule has 1 atom stereocenters. The summed E-state index contributed by atoms with van der Waals surface area (Å²) in [5.74, 6) is 0. The van der Waals surface area contributed by atoms with E-state index in [-0.39, 0.29) is 5.67 Å². The van der Waals surface area contributed by atoms with Crippen LogP contribution < -0.4 is 5.73 Å². The van der Waals surface area contributed by atoms with Crippen LogP contribution in [0.4, 0.5) is 0 Å². The number of hydrogen-bond acceptors (Lipinski definition) is 5. The maximum Gasteiger partial charge on any atom is 0.518 e. The zero-order chi connectivity index (χ0) is 16.3. The Morgan fingerprint density at radius 2 is 1.36 bits per heavy atom. The highest BCUT2D eigenvalue weighted by atomic mass is 28.4. The van der Waals surface area contributed by atoms with Gasteiger partial charge in [-0.25, -0.2) is 0 Å². The molecule has 2 N–H and O–H groups in total. The van der Waals surface area contributed by atoms with Gasteiger partial charge in [0, 0.05) is 34.4 Å². The standard InChI is InChI=1S/C16H36N2O3Si/c1-19-22(20-2,21-3)16-12-10-8-6-4-5-7-9-11-14-18(16)15-13-17/h16H,4-15,17H2,1-3H3. The first kappa shape index (κ1) is 20.1. The third kappa shape index (κ3) is 5.90. The van der Waals surface area contributed by atoms with Crippen molar-refractivity contribution in [1.82, 2.24) is 4.90 Å². The van der Waals surface area contributed by atoms with Crippen molar-refractivity contribution in [3.8, 4) is 0 Å². The SMILES string of the molecule is CO[Si](OC)(OC)C1CCCCCCCCCCN1CCN. The van der Waals surface area contributed by atoms with E-state index in [1.165, 1.54) is 51.4 Å². The molecule has 0 saturated carbocycles. The van der Waals surface area contributed by atoms with E-state index in [0.717, 1.165) is 19.5 Å². The molecule has 0 radical (unpaired) electrons. The summed E-state index contributed by atoms with van der Waals surface area (Å²) in [6, 6.07) is 0. The Morgan fingerprint density at radius 1 is 0.864 bits per heavy atom. The van der Waals surface area contributed by atoms with Crippen molar-refractivity contribution in [2.45, 2.75) is 63.5 Å². The summed E-state index contributed by atoms with van der Waals surface area (Å²) in [5.41, 5.74) is 6.07. The molecule has 0 bridgehead atoms. The summed E-state index contributed by atoms with van der Waals surface area (Å²) in [4.78, 5) is 2.46. The summed E-state index contributed by atoms with van der Waals surface area (Å²) in [5, 5.41) is 0. The lowest BCUT2D eigenvalue weighted by atomic mass is 10.1. The van der Waals surface area contributed by atoms with Crippen molar-refractivity contribution in [2.75, 3.05) is 41.0 Å². The van der Waals surface area contributed by atoms with Gasteiger partial charge < -0.3 is 19.0 Å². The van der Waals surface area contributed by atoms with Crippen LogP contribution in [0.25, 0.3) is 0 Å². The van der Waals surface area contributed by atoms with Gasteiger partial charge in [-0.05, 0) is 19.4 Å². The predicted octanol–water partition coefficient (Wildman–Crippen LogP) is 2.56. The number of hydrogen-bond donors (Lipinski definition) is 1. The predicted molar refractivity (Wildman–Crippen MR) is 92.7 cm³/mol.